The number of hydrogen-bond acceptors (Lipinski definition) is 7. The molecule has 11 heteroatoms. The van der Waals surface area contributed by atoms with Gasteiger partial charge in [-0.1, -0.05) is 6.07 Å². The maximum atomic E-state index is 12.9. The molecule has 33 heavy (non-hydrogen) atoms. The number of anilines is 2. The summed E-state index contributed by atoms with van der Waals surface area (Å²) in [6, 6.07) is 5.01. The Labute approximate surface area is 186 Å². The molecule has 0 bridgehead atoms. The number of aryl methyl sites for hydroxylation is 1. The third-order valence-electron chi connectivity index (χ3n) is 4.94. The zero-order chi connectivity index (χ0) is 23.4. The number of aromatic nitrogens is 2. The monoisotopic (exact) mass is 453 g/mol. The van der Waals surface area contributed by atoms with Gasteiger partial charge in [-0.25, -0.2) is 20.0 Å². The predicted octanol–water partition coefficient (Wildman–Crippen LogP) is 4.02. The minimum atomic E-state index is -4.45. The standard InChI is InChI=1S/C22H18F3N7O/c1-13-2-3-14(21(33)32-19-5-4-15(6-7-28-19)22(23,24)25)8-17(13)31-20-16-9-26-11-27-10-18(16)29-12-30-20/h2-3,5-8,10-12H,4,9H2,1H3,(H,32,33)(H,29,30,31). The summed E-state index contributed by atoms with van der Waals surface area (Å²) in [6.07, 6.45) is 2.76. The first-order valence-corrected chi connectivity index (χ1v) is 9.86. The maximum Gasteiger partial charge on any atom is 0.413 e. The lowest BCUT2D eigenvalue weighted by Gasteiger charge is -2.14. The van der Waals surface area contributed by atoms with Crippen LogP contribution in [0.15, 0.2) is 63.0 Å². The highest BCUT2D eigenvalue weighted by molar-refractivity contribution is 5.97. The van der Waals surface area contributed by atoms with Gasteiger partial charge in [-0.2, -0.15) is 13.2 Å². The highest BCUT2D eigenvalue weighted by atomic mass is 19.4. The number of carbonyl (C=O) groups is 1. The smallest absolute Gasteiger partial charge is 0.340 e. The van der Waals surface area contributed by atoms with E-state index in [9.17, 15) is 18.0 Å². The van der Waals surface area contributed by atoms with E-state index in [1.54, 1.807) is 24.4 Å². The van der Waals surface area contributed by atoms with E-state index in [4.69, 9.17) is 0 Å². The molecule has 0 fully saturated rings. The molecule has 0 unspecified atom stereocenters. The molecule has 8 nitrogen and oxygen atoms in total. The number of fused-ring (bicyclic) bond motifs is 1. The third-order valence-corrected chi connectivity index (χ3v) is 4.94. The highest BCUT2D eigenvalue weighted by Gasteiger charge is 2.32. The van der Waals surface area contributed by atoms with Crippen LogP contribution in [-0.2, 0) is 6.54 Å². The summed E-state index contributed by atoms with van der Waals surface area (Å²) in [4.78, 5) is 33.3. The summed E-state index contributed by atoms with van der Waals surface area (Å²) < 4.78 is 38.7. The summed E-state index contributed by atoms with van der Waals surface area (Å²) >= 11 is 0. The van der Waals surface area contributed by atoms with Gasteiger partial charge >= 0.3 is 6.18 Å². The van der Waals surface area contributed by atoms with Crippen molar-refractivity contribution < 1.29 is 18.0 Å². The Hall–Kier alpha value is -4.15. The second kappa shape index (κ2) is 9.15. The second-order valence-corrected chi connectivity index (χ2v) is 7.19. The van der Waals surface area contributed by atoms with Gasteiger partial charge in [0.15, 0.2) is 0 Å². The maximum absolute atomic E-state index is 12.9. The molecule has 4 rings (SSSR count). The molecule has 1 aromatic heterocycles. The van der Waals surface area contributed by atoms with Crippen LogP contribution in [0.1, 0.15) is 33.6 Å². The van der Waals surface area contributed by atoms with Crippen LogP contribution in [0.2, 0.25) is 0 Å². The summed E-state index contributed by atoms with van der Waals surface area (Å²) in [5.74, 6) is 0.0759. The van der Waals surface area contributed by atoms with Crippen molar-refractivity contribution in [2.24, 2.45) is 15.0 Å². The Morgan fingerprint density at radius 3 is 2.85 bits per heavy atom. The Morgan fingerprint density at radius 1 is 1.18 bits per heavy atom. The second-order valence-electron chi connectivity index (χ2n) is 7.19. The number of nitrogens with zero attached hydrogens (tertiary/aromatic N) is 5. The van der Waals surface area contributed by atoms with Gasteiger partial charge in [0.05, 0.1) is 18.5 Å². The Morgan fingerprint density at radius 2 is 2.03 bits per heavy atom. The van der Waals surface area contributed by atoms with E-state index in [1.165, 1.54) is 18.7 Å². The van der Waals surface area contributed by atoms with E-state index in [-0.39, 0.29) is 12.2 Å². The quantitative estimate of drug-likeness (QED) is 0.730. The first-order valence-electron chi connectivity index (χ1n) is 9.86. The molecule has 168 valence electrons. The number of nitrogens with one attached hydrogen (secondary N) is 2. The van der Waals surface area contributed by atoms with Crippen LogP contribution in [0.5, 0.6) is 0 Å². The van der Waals surface area contributed by atoms with Gasteiger partial charge < -0.3 is 10.6 Å². The SMILES string of the molecule is Cc1ccc(C(=O)NC2=CCC(C(F)(F)F)=CC=N2)cc1Nc1ncnc2c1CN=CN=C2. The van der Waals surface area contributed by atoms with Gasteiger partial charge in [-0.15, -0.1) is 0 Å². The Balaban J connectivity index is 1.53. The molecule has 3 heterocycles. The molecule has 0 saturated heterocycles. The number of amides is 1. The van der Waals surface area contributed by atoms with Crippen molar-refractivity contribution in [3.05, 3.63) is 70.5 Å². The molecule has 0 spiro atoms. The van der Waals surface area contributed by atoms with Gasteiger partial charge in [-0.05, 0) is 43.2 Å². The summed E-state index contributed by atoms with van der Waals surface area (Å²) in [6.45, 7) is 2.21. The van der Waals surface area contributed by atoms with Crippen molar-refractivity contribution >= 4 is 36.2 Å². The van der Waals surface area contributed by atoms with Crippen LogP contribution in [0.4, 0.5) is 24.7 Å². The average Bonchev–Trinajstić information content (AvgIpc) is 3.16. The lowest BCUT2D eigenvalue weighted by Crippen LogP contribution is -2.22. The molecule has 0 radical (unpaired) electrons. The molecule has 2 N–H and O–H groups in total. The topological polar surface area (TPSA) is 104 Å². The zero-order valence-electron chi connectivity index (χ0n) is 17.4. The van der Waals surface area contributed by atoms with Crippen molar-refractivity contribution in [2.75, 3.05) is 5.32 Å². The zero-order valence-corrected chi connectivity index (χ0v) is 17.4. The lowest BCUT2D eigenvalue weighted by atomic mass is 10.1. The van der Waals surface area contributed by atoms with Gasteiger partial charge in [0, 0.05) is 28.6 Å². The molecule has 0 atom stereocenters. The average molecular weight is 453 g/mol. The number of hydrogen-bond donors (Lipinski definition) is 2. The number of halogens is 3. The van der Waals surface area contributed by atoms with Crippen LogP contribution < -0.4 is 10.6 Å². The van der Waals surface area contributed by atoms with Crippen molar-refractivity contribution in [1.82, 2.24) is 15.3 Å². The van der Waals surface area contributed by atoms with E-state index in [2.05, 4.69) is 35.6 Å². The van der Waals surface area contributed by atoms with Gasteiger partial charge in [0.2, 0.25) is 0 Å². The molecular formula is C22H18F3N7O. The highest BCUT2D eigenvalue weighted by Crippen LogP contribution is 2.29. The molecule has 1 aromatic carbocycles. The Kier molecular flexibility index (Phi) is 6.11. The number of rotatable bonds is 4. The fourth-order valence-corrected chi connectivity index (χ4v) is 3.13. The number of allylic oxidation sites excluding steroid dienone is 3. The number of carbonyl (C=O) groups excluding carboxylic acids is 1. The molecule has 1 amide bonds. The fourth-order valence-electron chi connectivity index (χ4n) is 3.13. The molecular weight excluding hydrogens is 435 g/mol. The van der Waals surface area contributed by atoms with Crippen LogP contribution in [0, 0.1) is 6.92 Å². The van der Waals surface area contributed by atoms with Crippen molar-refractivity contribution in [1.29, 1.82) is 0 Å². The molecule has 0 aliphatic carbocycles. The fraction of sp³-hybridized carbons (Fsp3) is 0.182. The first kappa shape index (κ1) is 22.1. The number of aliphatic imine (C=N–C) groups is 3. The van der Waals surface area contributed by atoms with E-state index >= 15 is 0 Å². The molecule has 2 aliphatic rings. The molecule has 2 aromatic rings. The van der Waals surface area contributed by atoms with Crippen molar-refractivity contribution in [2.45, 2.75) is 26.1 Å². The first-order chi connectivity index (χ1) is 15.8. The summed E-state index contributed by atoms with van der Waals surface area (Å²) in [5.41, 5.74) is 2.45. The van der Waals surface area contributed by atoms with Gasteiger partial charge in [-0.3, -0.25) is 9.79 Å². The van der Waals surface area contributed by atoms with Gasteiger partial charge in [0.25, 0.3) is 5.91 Å². The van der Waals surface area contributed by atoms with Crippen LogP contribution >= 0.6 is 0 Å². The summed E-state index contributed by atoms with van der Waals surface area (Å²) in [7, 11) is 0. The van der Waals surface area contributed by atoms with Crippen LogP contribution in [0.3, 0.4) is 0 Å². The van der Waals surface area contributed by atoms with Crippen molar-refractivity contribution in [3.63, 3.8) is 0 Å². The largest absolute Gasteiger partial charge is 0.413 e. The lowest BCUT2D eigenvalue weighted by molar-refractivity contribution is -0.0927. The molecule has 0 saturated carbocycles. The van der Waals surface area contributed by atoms with Crippen LogP contribution in [-0.4, -0.2) is 40.8 Å². The van der Waals surface area contributed by atoms with E-state index < -0.39 is 17.7 Å². The van der Waals surface area contributed by atoms with Gasteiger partial charge in [0.1, 0.15) is 24.3 Å². The van der Waals surface area contributed by atoms with E-state index in [1.807, 2.05) is 6.92 Å². The van der Waals surface area contributed by atoms with Crippen LogP contribution in [0.25, 0.3) is 0 Å². The Bertz CT molecular complexity index is 1240. The number of benzene rings is 1. The normalized spacial score (nSPS) is 15.2. The van der Waals surface area contributed by atoms with Crippen molar-refractivity contribution in [3.8, 4) is 0 Å². The predicted molar refractivity (Wildman–Crippen MR) is 119 cm³/mol. The van der Waals surface area contributed by atoms with E-state index in [0.29, 0.717) is 29.3 Å². The summed E-state index contributed by atoms with van der Waals surface area (Å²) in [5, 5.41) is 5.76. The third kappa shape index (κ3) is 5.20. The minimum absolute atomic E-state index is 0.0452. The van der Waals surface area contributed by atoms with E-state index in [0.717, 1.165) is 23.4 Å². The number of alkyl halides is 3. The minimum Gasteiger partial charge on any atom is -0.340 e. The molecule has 2 aliphatic heterocycles.